The number of rotatable bonds is 5. The third-order valence-corrected chi connectivity index (χ3v) is 10.9. The minimum atomic E-state index is -0.922. The van der Waals surface area contributed by atoms with Gasteiger partial charge in [0.05, 0.1) is 16.9 Å². The van der Waals surface area contributed by atoms with E-state index in [-0.39, 0.29) is 76.8 Å². The van der Waals surface area contributed by atoms with Crippen LogP contribution in [-0.4, -0.2) is 44.6 Å². The highest BCUT2D eigenvalue weighted by molar-refractivity contribution is 9.10. The van der Waals surface area contributed by atoms with E-state index in [1.165, 1.54) is 16.2 Å². The van der Waals surface area contributed by atoms with E-state index in [9.17, 15) is 19.2 Å². The largest absolute Gasteiger partial charge is 0.481 e. The van der Waals surface area contributed by atoms with Crippen molar-refractivity contribution in [3.05, 3.63) is 48.8 Å². The van der Waals surface area contributed by atoms with Gasteiger partial charge in [0.25, 0.3) is 0 Å². The molecule has 1 saturated heterocycles. The number of hydrogen-bond acceptors (Lipinski definition) is 6. The third kappa shape index (κ3) is 3.20. The Hall–Kier alpha value is -1.91. The molecule has 172 valence electrons. The fourth-order valence-corrected chi connectivity index (χ4v) is 9.88. The summed E-state index contributed by atoms with van der Waals surface area (Å²) in [6.45, 7) is 0.176. The number of nitrogens with one attached hydrogen (secondary N) is 1. The Morgan fingerprint density at radius 2 is 1.82 bits per heavy atom. The molecule has 1 aromatic heterocycles. The van der Waals surface area contributed by atoms with Crippen molar-refractivity contribution in [2.45, 2.75) is 35.5 Å². The Morgan fingerprint density at radius 3 is 2.52 bits per heavy atom. The molecular formula is C23H21BrN2O5S2. The van der Waals surface area contributed by atoms with Gasteiger partial charge in [-0.1, -0.05) is 39.4 Å². The lowest BCUT2D eigenvalue weighted by Crippen LogP contribution is -2.42. The molecule has 0 spiro atoms. The number of benzene rings is 1. The van der Waals surface area contributed by atoms with Gasteiger partial charge in [-0.15, -0.1) is 11.8 Å². The summed E-state index contributed by atoms with van der Waals surface area (Å²) in [5.74, 6) is -1.47. The van der Waals surface area contributed by atoms with Gasteiger partial charge in [-0.05, 0) is 48.3 Å². The van der Waals surface area contributed by atoms with Gasteiger partial charge in [0.1, 0.15) is 0 Å². The Labute approximate surface area is 206 Å². The molecule has 33 heavy (non-hydrogen) atoms. The second-order valence-electron chi connectivity index (χ2n) is 9.34. The first-order valence-electron chi connectivity index (χ1n) is 11.1. The molecule has 2 aliphatic carbocycles. The van der Waals surface area contributed by atoms with Crippen LogP contribution in [0.15, 0.2) is 38.6 Å². The summed E-state index contributed by atoms with van der Waals surface area (Å²) in [4.78, 5) is 55.1. The molecule has 2 amide bonds. The molecule has 7 atom stereocenters. The number of aromatic amines is 1. The normalized spacial score (nSPS) is 33.8. The summed E-state index contributed by atoms with van der Waals surface area (Å²) < 4.78 is 0.983. The van der Waals surface area contributed by atoms with E-state index < -0.39 is 5.97 Å². The molecule has 6 rings (SSSR count). The number of thiazole rings is 1. The number of likely N-dealkylation sites (tertiary alicyclic amines) is 1. The number of nitrogens with zero attached hydrogens (tertiary/aromatic N) is 1. The van der Waals surface area contributed by atoms with Gasteiger partial charge in [0.2, 0.25) is 11.8 Å². The van der Waals surface area contributed by atoms with Crippen molar-refractivity contribution < 1.29 is 19.5 Å². The van der Waals surface area contributed by atoms with Gasteiger partial charge in [0.15, 0.2) is 0 Å². The maximum Gasteiger partial charge on any atom is 0.305 e. The first-order valence-corrected chi connectivity index (χ1v) is 13.6. The number of amides is 2. The molecular weight excluding hydrogens is 528 g/mol. The lowest BCUT2D eigenvalue weighted by molar-refractivity contribution is -0.142. The Bertz CT molecular complexity index is 1220. The van der Waals surface area contributed by atoms with Crippen molar-refractivity contribution in [2.24, 2.45) is 29.6 Å². The molecule has 2 N–H and O–H groups in total. The van der Waals surface area contributed by atoms with Crippen LogP contribution < -0.4 is 4.87 Å². The number of halogens is 1. The van der Waals surface area contributed by atoms with Gasteiger partial charge in [-0.3, -0.25) is 24.1 Å². The molecule has 3 heterocycles. The molecule has 2 bridgehead atoms. The van der Waals surface area contributed by atoms with Crippen LogP contribution in [-0.2, 0) is 14.4 Å². The summed E-state index contributed by atoms with van der Waals surface area (Å²) in [6, 6.07) is 8.18. The van der Waals surface area contributed by atoms with Crippen LogP contribution >= 0.6 is 39.0 Å². The Balaban J connectivity index is 1.37. The summed E-state index contributed by atoms with van der Waals surface area (Å²) in [5, 5.41) is 10.0. The van der Waals surface area contributed by atoms with Crippen molar-refractivity contribution in [1.29, 1.82) is 0 Å². The van der Waals surface area contributed by atoms with E-state index in [1.807, 2.05) is 12.1 Å². The van der Waals surface area contributed by atoms with Crippen LogP contribution in [0.1, 0.15) is 35.6 Å². The van der Waals surface area contributed by atoms with Gasteiger partial charge in [-0.2, -0.15) is 0 Å². The first-order chi connectivity index (χ1) is 15.8. The molecule has 7 unspecified atom stereocenters. The highest BCUT2D eigenvalue weighted by Crippen LogP contribution is 2.68. The zero-order valence-electron chi connectivity index (χ0n) is 17.4. The summed E-state index contributed by atoms with van der Waals surface area (Å²) in [6.07, 6.45) is 1.08. The predicted octanol–water partition coefficient (Wildman–Crippen LogP) is 3.54. The number of hydrogen-bond donors (Lipinski definition) is 2. The maximum absolute atomic E-state index is 13.4. The number of H-pyrrole nitrogens is 1. The highest BCUT2D eigenvalue weighted by Gasteiger charge is 2.69. The number of carboxylic acid groups (broad SMARTS) is 1. The van der Waals surface area contributed by atoms with Crippen molar-refractivity contribution in [2.75, 3.05) is 6.54 Å². The molecule has 1 aromatic carbocycles. The van der Waals surface area contributed by atoms with Crippen LogP contribution in [0.3, 0.4) is 0 Å². The van der Waals surface area contributed by atoms with Crippen molar-refractivity contribution in [1.82, 2.24) is 9.88 Å². The van der Waals surface area contributed by atoms with Crippen molar-refractivity contribution in [3.63, 3.8) is 0 Å². The van der Waals surface area contributed by atoms with Gasteiger partial charge >= 0.3 is 10.8 Å². The molecule has 2 aliphatic heterocycles. The van der Waals surface area contributed by atoms with Crippen molar-refractivity contribution in [3.8, 4) is 0 Å². The number of aromatic nitrogens is 1. The number of thioether (sulfide) groups is 1. The van der Waals surface area contributed by atoms with E-state index in [4.69, 9.17) is 5.11 Å². The fraction of sp³-hybridized carbons (Fsp3) is 0.478. The zero-order valence-corrected chi connectivity index (χ0v) is 20.6. The minimum absolute atomic E-state index is 0.0169. The SMILES string of the molecule is O=C(O)CCCN1C(=O)C2C3CC(C2C1=O)C1C(c2ccc(Br)cc2)c2sc(=O)[nH]c2SC31. The standard InChI is InChI=1S/C23H21BrN2O5S2/c24-10-5-3-9(4-6-10)14-15-11-8-12(18(15)32-20-19(14)33-23(31)25-20)17-16(11)21(29)26(22(17)30)7-1-2-13(27)28/h3-6,11-12,14-18H,1-2,7-8H2,(H,25,31)(H,27,28). The number of aliphatic carboxylic acids is 1. The van der Waals surface area contributed by atoms with Gasteiger partial charge in [0, 0.05) is 33.5 Å². The number of fused-ring (bicyclic) bond motifs is 9. The zero-order chi connectivity index (χ0) is 23.0. The van der Waals surface area contributed by atoms with E-state index in [1.54, 1.807) is 11.8 Å². The van der Waals surface area contributed by atoms with Crippen LogP contribution in [0.4, 0.5) is 0 Å². The molecule has 4 aliphatic rings. The summed E-state index contributed by atoms with van der Waals surface area (Å²) >= 11 is 6.43. The van der Waals surface area contributed by atoms with Gasteiger partial charge < -0.3 is 10.1 Å². The quantitative estimate of drug-likeness (QED) is 0.553. The maximum atomic E-state index is 13.4. The minimum Gasteiger partial charge on any atom is -0.481 e. The molecule has 2 aromatic rings. The molecule has 10 heteroatoms. The lowest BCUT2D eigenvalue weighted by atomic mass is 9.68. The first kappa shape index (κ1) is 21.6. The smallest absolute Gasteiger partial charge is 0.305 e. The van der Waals surface area contributed by atoms with Crippen molar-refractivity contribution >= 4 is 56.8 Å². The average molecular weight is 549 g/mol. The monoisotopic (exact) mass is 548 g/mol. The molecule has 0 radical (unpaired) electrons. The summed E-state index contributed by atoms with van der Waals surface area (Å²) in [5.41, 5.74) is 1.13. The molecule has 7 nitrogen and oxygen atoms in total. The van der Waals surface area contributed by atoms with Crippen LogP contribution in [0.2, 0.25) is 0 Å². The fourth-order valence-electron chi connectivity index (χ4n) is 6.73. The van der Waals surface area contributed by atoms with Crippen LogP contribution in [0.5, 0.6) is 0 Å². The summed E-state index contributed by atoms with van der Waals surface area (Å²) in [7, 11) is 0. The third-order valence-electron chi connectivity index (χ3n) is 7.82. The van der Waals surface area contributed by atoms with E-state index >= 15 is 0 Å². The number of carbonyl (C=O) groups is 3. The van der Waals surface area contributed by atoms with E-state index in [2.05, 4.69) is 33.0 Å². The van der Waals surface area contributed by atoms with Crippen LogP contribution in [0, 0.1) is 29.6 Å². The number of carbonyl (C=O) groups excluding carboxylic acids is 2. The van der Waals surface area contributed by atoms with Crippen LogP contribution in [0.25, 0.3) is 0 Å². The number of carboxylic acids is 1. The Kier molecular flexibility index (Phi) is 5.12. The topological polar surface area (TPSA) is 108 Å². The second kappa shape index (κ2) is 7.81. The molecule has 3 fully saturated rings. The average Bonchev–Trinajstić information content (AvgIpc) is 3.49. The second-order valence-corrected chi connectivity index (χ2v) is 12.5. The molecule has 2 saturated carbocycles. The van der Waals surface area contributed by atoms with E-state index in [0.29, 0.717) is 0 Å². The highest BCUT2D eigenvalue weighted by atomic mass is 79.9. The van der Waals surface area contributed by atoms with E-state index in [0.717, 1.165) is 26.4 Å². The number of imide groups is 1. The lowest BCUT2D eigenvalue weighted by Gasteiger charge is -2.43. The van der Waals surface area contributed by atoms with Gasteiger partial charge in [-0.25, -0.2) is 0 Å². The predicted molar refractivity (Wildman–Crippen MR) is 126 cm³/mol. The Morgan fingerprint density at radius 1 is 1.12 bits per heavy atom.